The minimum atomic E-state index is -3.02. The Morgan fingerprint density at radius 3 is 2.45 bits per heavy atom. The molecular weight excluding hydrogens is 384 g/mol. The highest BCUT2D eigenvalue weighted by Crippen LogP contribution is 2.29. The molecule has 3 N–H and O–H groups in total. The van der Waals surface area contributed by atoms with E-state index in [0.29, 0.717) is 0 Å². The van der Waals surface area contributed by atoms with Gasteiger partial charge in [0.1, 0.15) is 0 Å². The van der Waals surface area contributed by atoms with Gasteiger partial charge in [0, 0.05) is 11.3 Å². The zero-order valence-electron chi connectivity index (χ0n) is 16.3. The van der Waals surface area contributed by atoms with Crippen molar-refractivity contribution in [2.45, 2.75) is 27.4 Å². The molecule has 2 rings (SSSR count). The van der Waals surface area contributed by atoms with Gasteiger partial charge in [0.05, 0.1) is 13.2 Å². The van der Waals surface area contributed by atoms with Crippen LogP contribution in [0.3, 0.4) is 0 Å². The summed E-state index contributed by atoms with van der Waals surface area (Å²) in [6.45, 7) is 2.70. The maximum atomic E-state index is 12.4. The van der Waals surface area contributed by atoms with Gasteiger partial charge in [-0.1, -0.05) is 17.7 Å². The average Bonchev–Trinajstić information content (AvgIpc) is 2.66. The smallest absolute Gasteiger partial charge is 0.387 e. The number of hydrazine groups is 1. The highest BCUT2D eigenvalue weighted by Gasteiger charge is 2.15. The second-order valence-electron chi connectivity index (χ2n) is 6.15. The van der Waals surface area contributed by atoms with Crippen LogP contribution in [-0.2, 0) is 4.79 Å². The Morgan fingerprint density at radius 1 is 1.03 bits per heavy atom. The Hall–Kier alpha value is -3.36. The van der Waals surface area contributed by atoms with E-state index in [0.717, 1.165) is 16.8 Å². The van der Waals surface area contributed by atoms with Crippen molar-refractivity contribution < 1.29 is 27.8 Å². The number of nitrogens with one attached hydrogen (secondary N) is 3. The van der Waals surface area contributed by atoms with Crippen molar-refractivity contribution in [2.75, 3.05) is 18.5 Å². The molecule has 0 spiro atoms. The fraction of sp³-hybridized carbons (Fsp3) is 0.300. The lowest BCUT2D eigenvalue weighted by molar-refractivity contribution is -0.120. The first-order valence-corrected chi connectivity index (χ1v) is 8.92. The number of hydrogen-bond donors (Lipinski definition) is 3. The molecule has 0 atom stereocenters. The van der Waals surface area contributed by atoms with Crippen LogP contribution in [-0.4, -0.2) is 31.6 Å². The molecule has 2 aromatic rings. The Morgan fingerprint density at radius 2 is 1.79 bits per heavy atom. The largest absolute Gasteiger partial charge is 0.490 e. The highest BCUT2D eigenvalue weighted by atomic mass is 19.3. The monoisotopic (exact) mass is 407 g/mol. The molecule has 0 bridgehead atoms. The summed E-state index contributed by atoms with van der Waals surface area (Å²) in [5.41, 5.74) is 7.58. The number of hydrogen-bond acceptors (Lipinski definition) is 5. The lowest BCUT2D eigenvalue weighted by Gasteiger charge is -2.13. The zero-order valence-corrected chi connectivity index (χ0v) is 16.3. The van der Waals surface area contributed by atoms with Crippen LogP contribution < -0.4 is 25.6 Å². The Labute approximate surface area is 167 Å². The summed E-state index contributed by atoms with van der Waals surface area (Å²) in [6.07, 6.45) is 0. The van der Waals surface area contributed by atoms with Crippen LogP contribution in [0.1, 0.15) is 28.4 Å². The number of carbonyl (C=O) groups is 2. The Kier molecular flexibility index (Phi) is 7.76. The number of benzene rings is 2. The SMILES string of the molecule is CCOc1cc(C(=O)NNC(=O)CNc2ccc(C)cc2C)ccc1OC(F)F. The van der Waals surface area contributed by atoms with Crippen molar-refractivity contribution in [2.24, 2.45) is 0 Å². The molecule has 0 radical (unpaired) electrons. The van der Waals surface area contributed by atoms with Crippen molar-refractivity contribution in [3.8, 4) is 11.5 Å². The van der Waals surface area contributed by atoms with Gasteiger partial charge in [-0.05, 0) is 50.6 Å². The predicted molar refractivity (Wildman–Crippen MR) is 104 cm³/mol. The van der Waals surface area contributed by atoms with Gasteiger partial charge < -0.3 is 14.8 Å². The van der Waals surface area contributed by atoms with Crippen LogP contribution in [0, 0.1) is 13.8 Å². The van der Waals surface area contributed by atoms with Gasteiger partial charge in [-0.25, -0.2) is 0 Å². The van der Waals surface area contributed by atoms with Gasteiger partial charge in [0.15, 0.2) is 11.5 Å². The van der Waals surface area contributed by atoms with E-state index in [1.54, 1.807) is 6.92 Å². The van der Waals surface area contributed by atoms with Gasteiger partial charge in [0.2, 0.25) is 0 Å². The Bertz CT molecular complexity index is 875. The number of anilines is 1. The van der Waals surface area contributed by atoms with Crippen LogP contribution in [0.5, 0.6) is 11.5 Å². The summed E-state index contributed by atoms with van der Waals surface area (Å²) in [7, 11) is 0. The van der Waals surface area contributed by atoms with Crippen molar-refractivity contribution >= 4 is 17.5 Å². The van der Waals surface area contributed by atoms with E-state index in [9.17, 15) is 18.4 Å². The van der Waals surface area contributed by atoms with Crippen molar-refractivity contribution in [3.63, 3.8) is 0 Å². The third-order valence-electron chi connectivity index (χ3n) is 3.86. The molecule has 0 aliphatic carbocycles. The molecule has 0 aliphatic heterocycles. The van der Waals surface area contributed by atoms with Crippen molar-refractivity contribution in [1.82, 2.24) is 10.9 Å². The number of amides is 2. The lowest BCUT2D eigenvalue weighted by atomic mass is 10.1. The Balaban J connectivity index is 1.92. The molecule has 0 aliphatic rings. The molecule has 2 aromatic carbocycles. The second-order valence-corrected chi connectivity index (χ2v) is 6.15. The first-order valence-electron chi connectivity index (χ1n) is 8.92. The predicted octanol–water partition coefficient (Wildman–Crippen LogP) is 3.18. The van der Waals surface area contributed by atoms with Crippen molar-refractivity contribution in [3.05, 3.63) is 53.1 Å². The van der Waals surface area contributed by atoms with Crippen LogP contribution in [0.15, 0.2) is 36.4 Å². The fourth-order valence-electron chi connectivity index (χ4n) is 2.54. The molecule has 0 saturated heterocycles. The summed E-state index contributed by atoms with van der Waals surface area (Å²) in [5.74, 6) is -1.26. The maximum absolute atomic E-state index is 12.4. The summed E-state index contributed by atoms with van der Waals surface area (Å²) in [4.78, 5) is 24.2. The second kappa shape index (κ2) is 10.3. The topological polar surface area (TPSA) is 88.7 Å². The molecule has 0 heterocycles. The number of aryl methyl sites for hydroxylation is 2. The first kappa shape index (κ1) is 21.9. The van der Waals surface area contributed by atoms with E-state index in [1.165, 1.54) is 18.2 Å². The third kappa shape index (κ3) is 6.63. The number of halogens is 2. The fourth-order valence-corrected chi connectivity index (χ4v) is 2.54. The number of rotatable bonds is 8. The van der Waals surface area contributed by atoms with E-state index in [-0.39, 0.29) is 30.2 Å². The lowest BCUT2D eigenvalue weighted by Crippen LogP contribution is -2.44. The standard InChI is InChI=1S/C20H23F2N3O4/c1-4-28-17-10-14(6-8-16(17)29-20(21)22)19(27)25-24-18(26)11-23-15-7-5-12(2)9-13(15)3/h5-10,20,23H,4,11H2,1-3H3,(H,24,26)(H,25,27). The summed E-state index contributed by atoms with van der Waals surface area (Å²) >= 11 is 0. The first-order chi connectivity index (χ1) is 13.8. The molecule has 0 unspecified atom stereocenters. The normalized spacial score (nSPS) is 10.4. The van der Waals surface area contributed by atoms with E-state index < -0.39 is 18.4 Å². The molecule has 0 aromatic heterocycles. The van der Waals surface area contributed by atoms with E-state index in [1.807, 2.05) is 32.0 Å². The molecule has 29 heavy (non-hydrogen) atoms. The van der Waals surface area contributed by atoms with E-state index in [4.69, 9.17) is 4.74 Å². The number of alkyl halides is 2. The maximum Gasteiger partial charge on any atom is 0.387 e. The van der Waals surface area contributed by atoms with Gasteiger partial charge in [-0.3, -0.25) is 20.4 Å². The quantitative estimate of drug-likeness (QED) is 0.585. The van der Waals surface area contributed by atoms with Crippen LogP contribution in [0.2, 0.25) is 0 Å². The third-order valence-corrected chi connectivity index (χ3v) is 3.86. The van der Waals surface area contributed by atoms with E-state index >= 15 is 0 Å². The molecule has 9 heteroatoms. The zero-order chi connectivity index (χ0) is 21.4. The van der Waals surface area contributed by atoms with Gasteiger partial charge >= 0.3 is 6.61 Å². The minimum Gasteiger partial charge on any atom is -0.490 e. The van der Waals surface area contributed by atoms with Gasteiger partial charge in [-0.15, -0.1) is 0 Å². The summed E-state index contributed by atoms with van der Waals surface area (Å²) in [6, 6.07) is 9.53. The molecule has 0 fully saturated rings. The van der Waals surface area contributed by atoms with Crippen LogP contribution in [0.25, 0.3) is 0 Å². The van der Waals surface area contributed by atoms with Gasteiger partial charge in [0.25, 0.3) is 11.8 Å². The highest BCUT2D eigenvalue weighted by molar-refractivity contribution is 5.96. The molecule has 7 nitrogen and oxygen atoms in total. The van der Waals surface area contributed by atoms with Crippen LogP contribution in [0.4, 0.5) is 14.5 Å². The minimum absolute atomic E-state index is 0.00305. The van der Waals surface area contributed by atoms with Crippen molar-refractivity contribution in [1.29, 1.82) is 0 Å². The molecule has 0 saturated carbocycles. The van der Waals surface area contributed by atoms with Gasteiger partial charge in [-0.2, -0.15) is 8.78 Å². The number of carbonyl (C=O) groups excluding carboxylic acids is 2. The number of ether oxygens (including phenoxy) is 2. The average molecular weight is 407 g/mol. The summed E-state index contributed by atoms with van der Waals surface area (Å²) < 4.78 is 34.5. The molecule has 156 valence electrons. The van der Waals surface area contributed by atoms with E-state index in [2.05, 4.69) is 20.9 Å². The van der Waals surface area contributed by atoms with Crippen LogP contribution >= 0.6 is 0 Å². The molecular formula is C20H23F2N3O4. The molecule has 2 amide bonds. The summed E-state index contributed by atoms with van der Waals surface area (Å²) in [5, 5.41) is 2.98.